The van der Waals surface area contributed by atoms with E-state index in [2.05, 4.69) is 5.16 Å². The molecular formula is C11H12N2O. The summed E-state index contributed by atoms with van der Waals surface area (Å²) in [6.07, 6.45) is 1.67. The maximum atomic E-state index is 5.58. The van der Waals surface area contributed by atoms with Crippen molar-refractivity contribution in [1.29, 1.82) is 0 Å². The van der Waals surface area contributed by atoms with Gasteiger partial charge in [-0.05, 0) is 12.5 Å². The van der Waals surface area contributed by atoms with Crippen molar-refractivity contribution in [2.45, 2.75) is 13.5 Å². The van der Waals surface area contributed by atoms with Crippen molar-refractivity contribution >= 4 is 0 Å². The van der Waals surface area contributed by atoms with Crippen molar-refractivity contribution in [3.05, 3.63) is 41.6 Å². The van der Waals surface area contributed by atoms with E-state index in [-0.39, 0.29) is 0 Å². The second-order valence-corrected chi connectivity index (χ2v) is 3.20. The summed E-state index contributed by atoms with van der Waals surface area (Å²) in [6, 6.07) is 8.02. The predicted molar refractivity (Wildman–Crippen MR) is 54.6 cm³/mol. The maximum absolute atomic E-state index is 5.58. The zero-order valence-corrected chi connectivity index (χ0v) is 8.03. The van der Waals surface area contributed by atoms with E-state index in [1.807, 2.05) is 31.2 Å². The molecule has 3 heteroatoms. The van der Waals surface area contributed by atoms with Crippen molar-refractivity contribution in [3.8, 4) is 11.3 Å². The molecule has 2 aromatic rings. The van der Waals surface area contributed by atoms with Crippen LogP contribution in [0.4, 0.5) is 0 Å². The van der Waals surface area contributed by atoms with Gasteiger partial charge in [0, 0.05) is 17.7 Å². The molecule has 0 unspecified atom stereocenters. The Labute approximate surface area is 82.5 Å². The normalized spacial score (nSPS) is 10.4. The minimum Gasteiger partial charge on any atom is -0.356 e. The lowest BCUT2D eigenvalue weighted by molar-refractivity contribution is 0.431. The standard InChI is InChI=1S/C11H12N2O/c1-8-4-2-3-5-10(8)11-9(6-12)7-13-14-11/h2-5,7H,6,12H2,1H3. The van der Waals surface area contributed by atoms with Crippen LogP contribution in [0.5, 0.6) is 0 Å². The fourth-order valence-corrected chi connectivity index (χ4v) is 1.46. The Kier molecular flexibility index (Phi) is 2.33. The molecular weight excluding hydrogens is 176 g/mol. The molecule has 2 N–H and O–H groups in total. The van der Waals surface area contributed by atoms with Crippen LogP contribution in [0.25, 0.3) is 11.3 Å². The molecule has 3 nitrogen and oxygen atoms in total. The molecule has 14 heavy (non-hydrogen) atoms. The van der Waals surface area contributed by atoms with Gasteiger partial charge in [0.15, 0.2) is 5.76 Å². The summed E-state index contributed by atoms with van der Waals surface area (Å²) in [6.45, 7) is 2.49. The summed E-state index contributed by atoms with van der Waals surface area (Å²) in [7, 11) is 0. The zero-order chi connectivity index (χ0) is 9.97. The van der Waals surface area contributed by atoms with E-state index in [1.165, 1.54) is 5.56 Å². The third-order valence-electron chi connectivity index (χ3n) is 2.25. The van der Waals surface area contributed by atoms with Gasteiger partial charge in [-0.25, -0.2) is 0 Å². The van der Waals surface area contributed by atoms with Crippen LogP contribution in [0.3, 0.4) is 0 Å². The fraction of sp³-hybridized carbons (Fsp3) is 0.182. The van der Waals surface area contributed by atoms with Crippen molar-refractivity contribution in [3.63, 3.8) is 0 Å². The average Bonchev–Trinajstić information content (AvgIpc) is 2.66. The summed E-state index contributed by atoms with van der Waals surface area (Å²) < 4.78 is 5.19. The molecule has 0 aliphatic rings. The Morgan fingerprint density at radius 1 is 1.36 bits per heavy atom. The van der Waals surface area contributed by atoms with Crippen LogP contribution in [0, 0.1) is 6.92 Å². The van der Waals surface area contributed by atoms with Gasteiger partial charge in [-0.1, -0.05) is 29.4 Å². The highest BCUT2D eigenvalue weighted by Crippen LogP contribution is 2.25. The van der Waals surface area contributed by atoms with Crippen LogP contribution in [0.2, 0.25) is 0 Å². The van der Waals surface area contributed by atoms with Gasteiger partial charge in [0.2, 0.25) is 0 Å². The smallest absolute Gasteiger partial charge is 0.171 e. The van der Waals surface area contributed by atoms with Gasteiger partial charge in [-0.2, -0.15) is 0 Å². The molecule has 1 heterocycles. The molecule has 1 aromatic carbocycles. The first-order valence-electron chi connectivity index (χ1n) is 4.52. The van der Waals surface area contributed by atoms with E-state index in [4.69, 9.17) is 10.3 Å². The fourth-order valence-electron chi connectivity index (χ4n) is 1.46. The number of rotatable bonds is 2. The second kappa shape index (κ2) is 3.64. The first kappa shape index (κ1) is 8.97. The lowest BCUT2D eigenvalue weighted by Crippen LogP contribution is -1.96. The quantitative estimate of drug-likeness (QED) is 0.785. The molecule has 0 aliphatic heterocycles. The number of aromatic nitrogens is 1. The van der Waals surface area contributed by atoms with Gasteiger partial charge in [0.25, 0.3) is 0 Å². The van der Waals surface area contributed by atoms with Gasteiger partial charge >= 0.3 is 0 Å². The Morgan fingerprint density at radius 2 is 2.14 bits per heavy atom. The van der Waals surface area contributed by atoms with Crippen molar-refractivity contribution in [2.75, 3.05) is 0 Å². The maximum Gasteiger partial charge on any atom is 0.171 e. The summed E-state index contributed by atoms with van der Waals surface area (Å²) in [5, 5.41) is 3.76. The van der Waals surface area contributed by atoms with Crippen molar-refractivity contribution < 1.29 is 4.52 Å². The van der Waals surface area contributed by atoms with Crippen LogP contribution in [0.1, 0.15) is 11.1 Å². The molecule has 0 atom stereocenters. The molecule has 0 spiro atoms. The molecule has 0 saturated carbocycles. The lowest BCUT2D eigenvalue weighted by Gasteiger charge is -2.02. The molecule has 0 aliphatic carbocycles. The highest BCUT2D eigenvalue weighted by atomic mass is 16.5. The first-order valence-corrected chi connectivity index (χ1v) is 4.52. The molecule has 0 radical (unpaired) electrons. The van der Waals surface area contributed by atoms with Crippen LogP contribution < -0.4 is 5.73 Å². The Bertz CT molecular complexity index is 434. The number of hydrogen-bond donors (Lipinski definition) is 1. The molecule has 72 valence electrons. The predicted octanol–water partition coefficient (Wildman–Crippen LogP) is 2.11. The SMILES string of the molecule is Cc1ccccc1-c1oncc1CN. The number of aryl methyl sites for hydroxylation is 1. The third-order valence-corrected chi connectivity index (χ3v) is 2.25. The van der Waals surface area contributed by atoms with E-state index in [9.17, 15) is 0 Å². The summed E-state index contributed by atoms with van der Waals surface area (Å²) in [5.41, 5.74) is 8.75. The van der Waals surface area contributed by atoms with Crippen LogP contribution in [0.15, 0.2) is 35.0 Å². The Hall–Kier alpha value is -1.61. The first-order chi connectivity index (χ1) is 6.83. The largest absolute Gasteiger partial charge is 0.356 e. The number of nitrogens with two attached hydrogens (primary N) is 1. The topological polar surface area (TPSA) is 52.0 Å². The highest BCUT2D eigenvalue weighted by Gasteiger charge is 2.10. The van der Waals surface area contributed by atoms with Gasteiger partial charge in [0.1, 0.15) is 0 Å². The van der Waals surface area contributed by atoms with Crippen LogP contribution in [-0.2, 0) is 6.54 Å². The molecule has 1 aromatic heterocycles. The van der Waals surface area contributed by atoms with E-state index >= 15 is 0 Å². The van der Waals surface area contributed by atoms with Gasteiger partial charge in [-0.15, -0.1) is 0 Å². The van der Waals surface area contributed by atoms with Crippen LogP contribution in [-0.4, -0.2) is 5.16 Å². The third kappa shape index (κ3) is 1.42. The summed E-state index contributed by atoms with van der Waals surface area (Å²) in [4.78, 5) is 0. The molecule has 2 rings (SSSR count). The minimum absolute atomic E-state index is 0.452. The second-order valence-electron chi connectivity index (χ2n) is 3.20. The number of nitrogens with zero attached hydrogens (tertiary/aromatic N) is 1. The van der Waals surface area contributed by atoms with Crippen molar-refractivity contribution in [1.82, 2.24) is 5.16 Å². The van der Waals surface area contributed by atoms with Gasteiger partial charge in [0.05, 0.1) is 6.20 Å². The van der Waals surface area contributed by atoms with Crippen molar-refractivity contribution in [2.24, 2.45) is 5.73 Å². The lowest BCUT2D eigenvalue weighted by atomic mass is 10.0. The monoisotopic (exact) mass is 188 g/mol. The van der Waals surface area contributed by atoms with E-state index in [0.717, 1.165) is 16.9 Å². The Balaban J connectivity index is 2.54. The van der Waals surface area contributed by atoms with Crippen LogP contribution >= 0.6 is 0 Å². The van der Waals surface area contributed by atoms with E-state index < -0.39 is 0 Å². The summed E-state index contributed by atoms with van der Waals surface area (Å²) >= 11 is 0. The number of hydrogen-bond acceptors (Lipinski definition) is 3. The summed E-state index contributed by atoms with van der Waals surface area (Å²) in [5.74, 6) is 0.783. The van der Waals surface area contributed by atoms with E-state index in [1.54, 1.807) is 6.20 Å². The average molecular weight is 188 g/mol. The highest BCUT2D eigenvalue weighted by molar-refractivity contribution is 5.64. The molecule has 0 amide bonds. The van der Waals surface area contributed by atoms with Gasteiger partial charge in [-0.3, -0.25) is 0 Å². The molecule has 0 fully saturated rings. The molecule has 0 saturated heterocycles. The van der Waals surface area contributed by atoms with E-state index in [0.29, 0.717) is 6.54 Å². The minimum atomic E-state index is 0.452. The van der Waals surface area contributed by atoms with Gasteiger partial charge < -0.3 is 10.3 Å². The Morgan fingerprint density at radius 3 is 2.86 bits per heavy atom. The number of benzene rings is 1. The molecule has 0 bridgehead atoms. The zero-order valence-electron chi connectivity index (χ0n) is 8.03.